The SMILES string of the molecule is Cc1cc(C)n(-c2cc(N3CCN(C(=O)[C@H](C)Oc4ccccc4)CC3)nc(C)n2)n1. The van der Waals surface area contributed by atoms with Gasteiger partial charge in [-0.15, -0.1) is 0 Å². The van der Waals surface area contributed by atoms with E-state index >= 15 is 0 Å². The third-order valence-electron chi connectivity index (χ3n) is 5.36. The van der Waals surface area contributed by atoms with Crippen molar-refractivity contribution in [1.82, 2.24) is 24.6 Å². The monoisotopic (exact) mass is 420 g/mol. The van der Waals surface area contributed by atoms with Gasteiger partial charge in [0.05, 0.1) is 5.69 Å². The summed E-state index contributed by atoms with van der Waals surface area (Å²) in [4.78, 5) is 26.1. The smallest absolute Gasteiger partial charge is 0.263 e. The maximum absolute atomic E-state index is 12.8. The standard InChI is InChI=1S/C23H28N6O2/c1-16-14-17(2)29(26-16)22-15-21(24-19(4)25-22)27-10-12-28(13-11-27)23(30)18(3)31-20-8-6-5-7-9-20/h5-9,14-15,18H,10-13H2,1-4H3/t18-/m0/s1. The van der Waals surface area contributed by atoms with Crippen LogP contribution in [-0.4, -0.2) is 62.8 Å². The number of hydrogen-bond donors (Lipinski definition) is 0. The van der Waals surface area contributed by atoms with E-state index in [-0.39, 0.29) is 5.91 Å². The van der Waals surface area contributed by atoms with Gasteiger partial charge in [0.1, 0.15) is 17.4 Å². The van der Waals surface area contributed by atoms with E-state index in [0.717, 1.165) is 23.0 Å². The first-order chi connectivity index (χ1) is 14.9. The summed E-state index contributed by atoms with van der Waals surface area (Å²) in [6.07, 6.45) is -0.520. The summed E-state index contributed by atoms with van der Waals surface area (Å²) in [6.45, 7) is 10.3. The lowest BCUT2D eigenvalue weighted by atomic mass is 10.2. The molecule has 1 aliphatic heterocycles. The molecule has 1 aromatic carbocycles. The number of piperazine rings is 1. The Morgan fingerprint density at radius 3 is 2.29 bits per heavy atom. The number of aromatic nitrogens is 4. The number of ether oxygens (including phenoxy) is 1. The molecule has 1 fully saturated rings. The highest BCUT2D eigenvalue weighted by atomic mass is 16.5. The van der Waals surface area contributed by atoms with Crippen molar-refractivity contribution >= 4 is 11.7 Å². The molecule has 0 bridgehead atoms. The second-order valence-electron chi connectivity index (χ2n) is 7.86. The molecule has 1 atom stereocenters. The van der Waals surface area contributed by atoms with E-state index in [1.54, 1.807) is 6.92 Å². The molecule has 3 heterocycles. The van der Waals surface area contributed by atoms with E-state index in [2.05, 4.69) is 20.0 Å². The van der Waals surface area contributed by atoms with E-state index in [1.165, 1.54) is 0 Å². The Hall–Kier alpha value is -3.42. The van der Waals surface area contributed by atoms with Crippen LogP contribution in [0.5, 0.6) is 5.75 Å². The molecule has 1 saturated heterocycles. The second kappa shape index (κ2) is 8.75. The summed E-state index contributed by atoms with van der Waals surface area (Å²) in [7, 11) is 0. The lowest BCUT2D eigenvalue weighted by Crippen LogP contribution is -2.52. The van der Waals surface area contributed by atoms with Gasteiger partial charge in [0.25, 0.3) is 5.91 Å². The van der Waals surface area contributed by atoms with Crippen LogP contribution in [0.2, 0.25) is 0 Å². The summed E-state index contributed by atoms with van der Waals surface area (Å²) in [5, 5.41) is 4.54. The van der Waals surface area contributed by atoms with E-state index in [1.807, 2.05) is 72.8 Å². The van der Waals surface area contributed by atoms with Gasteiger partial charge in [-0.1, -0.05) is 18.2 Å². The molecule has 0 N–H and O–H groups in total. The van der Waals surface area contributed by atoms with Crippen LogP contribution < -0.4 is 9.64 Å². The zero-order valence-electron chi connectivity index (χ0n) is 18.4. The largest absolute Gasteiger partial charge is 0.481 e. The van der Waals surface area contributed by atoms with Crippen molar-refractivity contribution in [3.05, 3.63) is 59.7 Å². The molecule has 1 aliphatic rings. The number of aryl methyl sites for hydroxylation is 3. The number of rotatable bonds is 5. The second-order valence-corrected chi connectivity index (χ2v) is 7.86. The van der Waals surface area contributed by atoms with Gasteiger partial charge < -0.3 is 14.5 Å². The van der Waals surface area contributed by atoms with Crippen molar-refractivity contribution in [2.75, 3.05) is 31.1 Å². The quantitative estimate of drug-likeness (QED) is 0.632. The van der Waals surface area contributed by atoms with Crippen LogP contribution in [0.4, 0.5) is 5.82 Å². The van der Waals surface area contributed by atoms with Crippen LogP contribution in [0.15, 0.2) is 42.5 Å². The minimum atomic E-state index is -0.520. The number of nitrogens with zero attached hydrogens (tertiary/aromatic N) is 6. The Morgan fingerprint density at radius 2 is 1.65 bits per heavy atom. The first-order valence-electron chi connectivity index (χ1n) is 10.6. The van der Waals surface area contributed by atoms with Gasteiger partial charge in [-0.25, -0.2) is 14.6 Å². The van der Waals surface area contributed by atoms with Crippen molar-refractivity contribution < 1.29 is 9.53 Å². The van der Waals surface area contributed by atoms with Gasteiger partial charge in [-0.3, -0.25) is 4.79 Å². The highest BCUT2D eigenvalue weighted by Gasteiger charge is 2.27. The number of carbonyl (C=O) groups excluding carboxylic acids is 1. The number of amides is 1. The van der Waals surface area contributed by atoms with E-state index in [4.69, 9.17) is 4.74 Å². The summed E-state index contributed by atoms with van der Waals surface area (Å²) in [6, 6.07) is 13.4. The van der Waals surface area contributed by atoms with Gasteiger partial charge in [0, 0.05) is 37.9 Å². The normalized spacial score (nSPS) is 15.1. The molecular weight excluding hydrogens is 392 g/mol. The fourth-order valence-corrected chi connectivity index (χ4v) is 3.83. The molecule has 0 spiro atoms. The van der Waals surface area contributed by atoms with Crippen molar-refractivity contribution in [3.8, 4) is 11.6 Å². The molecule has 162 valence electrons. The van der Waals surface area contributed by atoms with Crippen LogP contribution in [0.1, 0.15) is 24.1 Å². The van der Waals surface area contributed by atoms with Gasteiger partial charge in [0.15, 0.2) is 11.9 Å². The number of hydrogen-bond acceptors (Lipinski definition) is 6. The van der Waals surface area contributed by atoms with Crippen LogP contribution >= 0.6 is 0 Å². The van der Waals surface area contributed by atoms with Gasteiger partial charge in [-0.2, -0.15) is 5.10 Å². The molecule has 8 heteroatoms. The number of carbonyl (C=O) groups is 1. The molecule has 2 aromatic heterocycles. The van der Waals surface area contributed by atoms with Crippen molar-refractivity contribution in [3.63, 3.8) is 0 Å². The summed E-state index contributed by atoms with van der Waals surface area (Å²) in [5.41, 5.74) is 1.98. The molecule has 1 amide bonds. The lowest BCUT2D eigenvalue weighted by molar-refractivity contribution is -0.138. The summed E-state index contributed by atoms with van der Waals surface area (Å²) in [5.74, 6) is 3.02. The molecule has 4 rings (SSSR count). The van der Waals surface area contributed by atoms with Gasteiger partial charge in [-0.05, 0) is 45.9 Å². The average Bonchev–Trinajstić information content (AvgIpc) is 3.11. The topological polar surface area (TPSA) is 76.4 Å². The Morgan fingerprint density at radius 1 is 0.968 bits per heavy atom. The fourth-order valence-electron chi connectivity index (χ4n) is 3.83. The van der Waals surface area contributed by atoms with Crippen molar-refractivity contribution in [2.45, 2.75) is 33.8 Å². The lowest BCUT2D eigenvalue weighted by Gasteiger charge is -2.36. The maximum Gasteiger partial charge on any atom is 0.263 e. The maximum atomic E-state index is 12.8. The molecule has 31 heavy (non-hydrogen) atoms. The molecule has 3 aromatic rings. The van der Waals surface area contributed by atoms with Crippen LogP contribution in [0.3, 0.4) is 0 Å². The van der Waals surface area contributed by atoms with Crippen molar-refractivity contribution in [1.29, 1.82) is 0 Å². The predicted molar refractivity (Wildman–Crippen MR) is 119 cm³/mol. The fraction of sp³-hybridized carbons (Fsp3) is 0.391. The minimum Gasteiger partial charge on any atom is -0.481 e. The molecular formula is C23H28N6O2. The minimum absolute atomic E-state index is 0.00528. The van der Waals surface area contributed by atoms with E-state index in [0.29, 0.717) is 37.8 Å². The van der Waals surface area contributed by atoms with Gasteiger partial charge in [0.2, 0.25) is 0 Å². The zero-order valence-corrected chi connectivity index (χ0v) is 18.4. The van der Waals surface area contributed by atoms with E-state index < -0.39 is 6.10 Å². The van der Waals surface area contributed by atoms with Crippen molar-refractivity contribution in [2.24, 2.45) is 0 Å². The Labute approximate surface area is 182 Å². The summed E-state index contributed by atoms with van der Waals surface area (Å²) >= 11 is 0. The molecule has 0 aliphatic carbocycles. The number of benzene rings is 1. The Bertz CT molecular complexity index is 1060. The number of para-hydroxylation sites is 1. The van der Waals surface area contributed by atoms with E-state index in [9.17, 15) is 4.79 Å². The number of anilines is 1. The van der Waals surface area contributed by atoms with Crippen LogP contribution in [0, 0.1) is 20.8 Å². The first kappa shape index (κ1) is 20.8. The predicted octanol–water partition coefficient (Wildman–Crippen LogP) is 2.70. The molecule has 0 saturated carbocycles. The molecule has 0 unspecified atom stereocenters. The van der Waals surface area contributed by atoms with Gasteiger partial charge >= 0.3 is 0 Å². The van der Waals surface area contributed by atoms with Crippen LogP contribution in [-0.2, 0) is 4.79 Å². The third-order valence-corrected chi connectivity index (χ3v) is 5.36. The highest BCUT2D eigenvalue weighted by Crippen LogP contribution is 2.19. The van der Waals surface area contributed by atoms with Crippen LogP contribution in [0.25, 0.3) is 5.82 Å². The highest BCUT2D eigenvalue weighted by molar-refractivity contribution is 5.81. The molecule has 8 nitrogen and oxygen atoms in total. The summed E-state index contributed by atoms with van der Waals surface area (Å²) < 4.78 is 7.64. The Balaban J connectivity index is 1.42. The average molecular weight is 421 g/mol. The Kier molecular flexibility index (Phi) is 5.88. The zero-order chi connectivity index (χ0) is 22.0. The molecule has 0 radical (unpaired) electrons. The third kappa shape index (κ3) is 4.68. The first-order valence-corrected chi connectivity index (χ1v) is 10.6.